The maximum atomic E-state index is 14.7. The van der Waals surface area contributed by atoms with E-state index in [9.17, 15) is 45.4 Å². The molecule has 0 radical (unpaired) electrons. The number of alkyl halides is 6. The van der Waals surface area contributed by atoms with Gasteiger partial charge in [0.2, 0.25) is 0 Å². The number of aliphatic hydroxyl groups is 1. The number of piperidine rings is 1. The highest BCUT2D eigenvalue weighted by Gasteiger charge is 2.71. The fraction of sp³-hybridized carbons (Fsp3) is 0.481. The Morgan fingerprint density at radius 2 is 1.37 bits per heavy atom. The molecule has 224 valence electrons. The van der Waals surface area contributed by atoms with Gasteiger partial charge in [0.1, 0.15) is 5.82 Å². The topological polar surface area (TPSA) is 76.1 Å². The van der Waals surface area contributed by atoms with Gasteiger partial charge in [0.05, 0.1) is 5.69 Å². The molecule has 2 aliphatic rings. The monoisotopic (exact) mass is 590 g/mol. The van der Waals surface area contributed by atoms with Gasteiger partial charge in [-0.05, 0) is 43.0 Å². The van der Waals surface area contributed by atoms with Gasteiger partial charge >= 0.3 is 18.4 Å². The summed E-state index contributed by atoms with van der Waals surface area (Å²) in [5.41, 5.74) is -5.83. The highest BCUT2D eigenvalue weighted by Crippen LogP contribution is 2.50. The summed E-state index contributed by atoms with van der Waals surface area (Å²) in [5.74, 6) is -1.16. The summed E-state index contributed by atoms with van der Waals surface area (Å²) in [4.78, 5) is 30.3. The number of carbonyl (C=O) groups excluding carboxylic acids is 2. The molecule has 7 nitrogen and oxygen atoms in total. The number of rotatable bonds is 5. The van der Waals surface area contributed by atoms with Crippen molar-refractivity contribution in [1.29, 1.82) is 0 Å². The number of amides is 3. The average molecular weight is 591 g/mol. The van der Waals surface area contributed by atoms with Crippen LogP contribution in [0.5, 0.6) is 0 Å². The number of piperazine rings is 1. The van der Waals surface area contributed by atoms with Gasteiger partial charge in [-0.15, -0.1) is 0 Å². The van der Waals surface area contributed by atoms with E-state index in [4.69, 9.17) is 0 Å². The number of nitrogens with zero attached hydrogens (tertiary/aromatic N) is 3. The first-order chi connectivity index (χ1) is 19.2. The van der Waals surface area contributed by atoms with Gasteiger partial charge in [0.15, 0.2) is 0 Å². The minimum absolute atomic E-state index is 0.0307. The predicted molar refractivity (Wildman–Crippen MR) is 134 cm³/mol. The predicted octanol–water partition coefficient (Wildman–Crippen LogP) is 5.11. The molecule has 41 heavy (non-hydrogen) atoms. The number of halogens is 7. The first-order valence-corrected chi connectivity index (χ1v) is 13.0. The largest absolute Gasteiger partial charge is 0.430 e. The van der Waals surface area contributed by atoms with E-state index in [1.807, 2.05) is 4.90 Å². The standard InChI is InChI=1S/C27H29F7N4O3/c28-21-16-19(6-9-22(21)35-24(40)38-10-2-1-3-11-38)23(39)37-14-12-36(13-15-37)17-18-4-7-20(8-5-18)25(41,26(29,30)31)27(32,33)34/h4-9,16,41H,1-3,10-15,17H2,(H,35,40). The maximum absolute atomic E-state index is 14.7. The zero-order valence-electron chi connectivity index (χ0n) is 21.9. The Bertz CT molecular complexity index is 1220. The summed E-state index contributed by atoms with van der Waals surface area (Å²) in [6.07, 6.45) is -9.10. The van der Waals surface area contributed by atoms with Crippen molar-refractivity contribution in [3.8, 4) is 0 Å². The Labute approximate surface area is 231 Å². The van der Waals surface area contributed by atoms with Crippen LogP contribution in [0.2, 0.25) is 0 Å². The molecule has 0 spiro atoms. The van der Waals surface area contributed by atoms with Gasteiger partial charge in [0, 0.05) is 56.9 Å². The highest BCUT2D eigenvalue weighted by molar-refractivity contribution is 5.95. The van der Waals surface area contributed by atoms with Gasteiger partial charge in [0.25, 0.3) is 11.5 Å². The van der Waals surface area contributed by atoms with Crippen LogP contribution in [0.1, 0.15) is 40.7 Å². The number of nitrogens with one attached hydrogen (secondary N) is 1. The molecule has 2 aromatic rings. The second-order valence-electron chi connectivity index (χ2n) is 10.1. The third kappa shape index (κ3) is 6.58. The van der Waals surface area contributed by atoms with E-state index >= 15 is 0 Å². The third-order valence-electron chi connectivity index (χ3n) is 7.36. The minimum Gasteiger partial charge on any atom is -0.369 e. The van der Waals surface area contributed by atoms with Crippen LogP contribution in [-0.2, 0) is 12.1 Å². The van der Waals surface area contributed by atoms with Crippen molar-refractivity contribution in [3.05, 3.63) is 65.0 Å². The van der Waals surface area contributed by atoms with Gasteiger partial charge in [-0.25, -0.2) is 9.18 Å². The van der Waals surface area contributed by atoms with E-state index in [2.05, 4.69) is 5.32 Å². The molecule has 2 saturated heterocycles. The Balaban J connectivity index is 1.32. The number of anilines is 1. The van der Waals surface area contributed by atoms with Crippen LogP contribution in [0.15, 0.2) is 42.5 Å². The molecule has 2 aliphatic heterocycles. The Morgan fingerprint density at radius 3 is 1.90 bits per heavy atom. The fourth-order valence-electron chi connectivity index (χ4n) is 4.93. The van der Waals surface area contributed by atoms with E-state index in [0.717, 1.165) is 37.5 Å². The van der Waals surface area contributed by atoms with E-state index in [1.54, 1.807) is 4.90 Å². The normalized spacial score (nSPS) is 17.5. The van der Waals surface area contributed by atoms with E-state index in [1.165, 1.54) is 17.0 Å². The smallest absolute Gasteiger partial charge is 0.369 e. The molecule has 0 aromatic heterocycles. The van der Waals surface area contributed by atoms with Gasteiger partial charge in [-0.2, -0.15) is 26.3 Å². The molecule has 0 saturated carbocycles. The van der Waals surface area contributed by atoms with Crippen molar-refractivity contribution in [2.24, 2.45) is 0 Å². The lowest BCUT2D eigenvalue weighted by atomic mass is 9.91. The SMILES string of the molecule is O=C(Nc1ccc(C(=O)N2CCN(Cc3ccc(C(O)(C(F)(F)F)C(F)(F)F)cc3)CC2)cc1F)N1CCCCC1. The molecule has 14 heteroatoms. The molecule has 2 aromatic carbocycles. The summed E-state index contributed by atoms with van der Waals surface area (Å²) < 4.78 is 93.3. The number of likely N-dealkylation sites (tertiary alicyclic amines) is 1. The van der Waals surface area contributed by atoms with Crippen molar-refractivity contribution in [1.82, 2.24) is 14.7 Å². The van der Waals surface area contributed by atoms with E-state index in [0.29, 0.717) is 43.9 Å². The quantitative estimate of drug-likeness (QED) is 0.475. The van der Waals surface area contributed by atoms with E-state index < -0.39 is 41.3 Å². The Hall–Kier alpha value is -3.39. The van der Waals surface area contributed by atoms with E-state index in [-0.39, 0.29) is 30.9 Å². The zero-order valence-corrected chi connectivity index (χ0v) is 21.9. The molecular formula is C27H29F7N4O3. The van der Waals surface area contributed by atoms with Crippen LogP contribution in [-0.4, -0.2) is 83.4 Å². The first-order valence-electron chi connectivity index (χ1n) is 13.0. The summed E-state index contributed by atoms with van der Waals surface area (Å²) in [5, 5.41) is 12.1. The van der Waals surface area contributed by atoms with Crippen molar-refractivity contribution >= 4 is 17.6 Å². The lowest BCUT2D eigenvalue weighted by molar-refractivity contribution is -0.376. The summed E-state index contributed by atoms with van der Waals surface area (Å²) in [6.45, 7) is 2.62. The molecular weight excluding hydrogens is 561 g/mol. The number of hydrogen-bond acceptors (Lipinski definition) is 4. The summed E-state index contributed by atoms with van der Waals surface area (Å²) in [7, 11) is 0. The minimum atomic E-state index is -5.96. The lowest BCUT2D eigenvalue weighted by Crippen LogP contribution is -2.53. The highest BCUT2D eigenvalue weighted by atomic mass is 19.4. The average Bonchev–Trinajstić information content (AvgIpc) is 2.93. The van der Waals surface area contributed by atoms with Crippen molar-refractivity contribution in [2.45, 2.75) is 43.8 Å². The molecule has 2 fully saturated rings. The fourth-order valence-corrected chi connectivity index (χ4v) is 4.93. The van der Waals surface area contributed by atoms with Gasteiger partial charge < -0.3 is 20.2 Å². The third-order valence-corrected chi connectivity index (χ3v) is 7.36. The zero-order chi connectivity index (χ0) is 30.0. The second kappa shape index (κ2) is 11.8. The number of carbonyl (C=O) groups is 2. The molecule has 2 heterocycles. The number of hydrogen-bond donors (Lipinski definition) is 2. The molecule has 3 amide bonds. The van der Waals surface area contributed by atoms with Gasteiger partial charge in [-0.1, -0.05) is 24.3 Å². The molecule has 0 atom stereocenters. The maximum Gasteiger partial charge on any atom is 0.430 e. The molecule has 0 unspecified atom stereocenters. The van der Waals surface area contributed by atoms with Crippen molar-refractivity contribution in [3.63, 3.8) is 0 Å². The van der Waals surface area contributed by atoms with Crippen LogP contribution in [0, 0.1) is 5.82 Å². The molecule has 0 bridgehead atoms. The van der Waals surface area contributed by atoms with Crippen molar-refractivity contribution < 1.29 is 45.4 Å². The van der Waals surface area contributed by atoms with Crippen LogP contribution in [0.25, 0.3) is 0 Å². The van der Waals surface area contributed by atoms with Crippen LogP contribution in [0.4, 0.5) is 41.2 Å². The summed E-state index contributed by atoms with van der Waals surface area (Å²) in [6, 6.07) is 6.80. The number of urea groups is 1. The van der Waals surface area contributed by atoms with Crippen LogP contribution < -0.4 is 5.32 Å². The Morgan fingerprint density at radius 1 is 0.780 bits per heavy atom. The lowest BCUT2D eigenvalue weighted by Gasteiger charge is -2.35. The first kappa shape index (κ1) is 30.6. The van der Waals surface area contributed by atoms with Crippen LogP contribution >= 0.6 is 0 Å². The van der Waals surface area contributed by atoms with Gasteiger partial charge in [-0.3, -0.25) is 9.69 Å². The summed E-state index contributed by atoms with van der Waals surface area (Å²) >= 11 is 0. The second-order valence-corrected chi connectivity index (χ2v) is 10.1. The Kier molecular flexibility index (Phi) is 8.83. The molecule has 4 rings (SSSR count). The van der Waals surface area contributed by atoms with Crippen LogP contribution in [0.3, 0.4) is 0 Å². The molecule has 2 N–H and O–H groups in total. The molecule has 0 aliphatic carbocycles. The van der Waals surface area contributed by atoms with Crippen molar-refractivity contribution in [2.75, 3.05) is 44.6 Å². The number of benzene rings is 2.